The molecule has 2 heterocycles. The van der Waals surface area contributed by atoms with Crippen LogP contribution in [0.1, 0.15) is 21.8 Å². The number of hydrogen-bond donors (Lipinski definition) is 0. The van der Waals surface area contributed by atoms with Crippen LogP contribution in [-0.2, 0) is 4.74 Å². The summed E-state index contributed by atoms with van der Waals surface area (Å²) in [6, 6.07) is 7.49. The zero-order valence-electron chi connectivity index (χ0n) is 7.31. The monoisotopic (exact) mass is 185 g/mol. The maximum absolute atomic E-state index is 11.5. The molecule has 0 bridgehead atoms. The number of nitrogens with zero attached hydrogens (tertiary/aromatic N) is 1. The average Bonchev–Trinajstić information content (AvgIpc) is 2.66. The number of benzene rings is 1. The summed E-state index contributed by atoms with van der Waals surface area (Å²) in [6.45, 7) is 0. The molecule has 68 valence electrons. The Morgan fingerprint density at radius 2 is 2.14 bits per heavy atom. The summed E-state index contributed by atoms with van der Waals surface area (Å²) in [5.41, 5.74) is 1.66. The van der Waals surface area contributed by atoms with Gasteiger partial charge in [0.1, 0.15) is 0 Å². The summed E-state index contributed by atoms with van der Waals surface area (Å²) in [5, 5.41) is 0. The Labute approximate surface area is 80.7 Å². The van der Waals surface area contributed by atoms with Gasteiger partial charge in [0.2, 0.25) is 5.90 Å². The quantitative estimate of drug-likeness (QED) is 0.618. The summed E-state index contributed by atoms with van der Waals surface area (Å²) in [6.07, 6.45) is 3.49. The van der Waals surface area contributed by atoms with E-state index in [1.54, 1.807) is 12.3 Å². The molecule has 2 aliphatic rings. The van der Waals surface area contributed by atoms with Gasteiger partial charge in [-0.25, -0.2) is 0 Å². The molecule has 0 spiro atoms. The van der Waals surface area contributed by atoms with Crippen LogP contribution in [0.5, 0.6) is 0 Å². The van der Waals surface area contributed by atoms with Gasteiger partial charge in [-0.15, -0.1) is 0 Å². The van der Waals surface area contributed by atoms with Crippen molar-refractivity contribution >= 4 is 11.8 Å². The standard InChI is InChI=1S/C11H7NO2/c13-10-8-4-2-1-3-7(8)9-5-6-14-11(9)12-10/h1-6,9H. The van der Waals surface area contributed by atoms with E-state index in [4.69, 9.17) is 4.74 Å². The summed E-state index contributed by atoms with van der Waals surface area (Å²) < 4.78 is 5.13. The van der Waals surface area contributed by atoms with Crippen LogP contribution in [0.2, 0.25) is 0 Å². The minimum atomic E-state index is -0.212. The molecule has 1 aromatic carbocycles. The highest BCUT2D eigenvalue weighted by atomic mass is 16.5. The van der Waals surface area contributed by atoms with Crippen molar-refractivity contribution in [3.8, 4) is 0 Å². The number of carbonyl (C=O) groups excluding carboxylic acids is 1. The van der Waals surface area contributed by atoms with Gasteiger partial charge in [-0.2, -0.15) is 4.99 Å². The molecule has 0 saturated heterocycles. The number of aliphatic imine (C=N–C) groups is 1. The topological polar surface area (TPSA) is 38.7 Å². The molecule has 0 N–H and O–H groups in total. The van der Waals surface area contributed by atoms with E-state index in [-0.39, 0.29) is 11.8 Å². The Morgan fingerprint density at radius 3 is 3.07 bits per heavy atom. The fraction of sp³-hybridized carbons (Fsp3) is 0.0909. The average molecular weight is 185 g/mol. The Balaban J connectivity index is 2.25. The van der Waals surface area contributed by atoms with Crippen LogP contribution in [0.15, 0.2) is 41.6 Å². The van der Waals surface area contributed by atoms with Gasteiger partial charge < -0.3 is 4.74 Å². The zero-order valence-corrected chi connectivity index (χ0v) is 7.31. The molecule has 1 unspecified atom stereocenters. The van der Waals surface area contributed by atoms with Gasteiger partial charge in [-0.05, 0) is 17.7 Å². The van der Waals surface area contributed by atoms with Crippen molar-refractivity contribution in [1.29, 1.82) is 0 Å². The molecule has 2 aliphatic heterocycles. The fourth-order valence-electron chi connectivity index (χ4n) is 1.80. The van der Waals surface area contributed by atoms with E-state index in [0.29, 0.717) is 11.5 Å². The number of fused-ring (bicyclic) bond motifs is 3. The van der Waals surface area contributed by atoms with Crippen LogP contribution in [0, 0.1) is 0 Å². The molecule has 0 aliphatic carbocycles. The lowest BCUT2D eigenvalue weighted by Crippen LogP contribution is -2.18. The van der Waals surface area contributed by atoms with E-state index in [1.165, 1.54) is 0 Å². The Morgan fingerprint density at radius 1 is 1.29 bits per heavy atom. The molecule has 0 fully saturated rings. The van der Waals surface area contributed by atoms with Crippen LogP contribution < -0.4 is 0 Å². The number of carbonyl (C=O) groups is 1. The van der Waals surface area contributed by atoms with Crippen LogP contribution >= 0.6 is 0 Å². The van der Waals surface area contributed by atoms with E-state index in [0.717, 1.165) is 5.56 Å². The van der Waals surface area contributed by atoms with Gasteiger partial charge in [0.05, 0.1) is 12.2 Å². The maximum atomic E-state index is 11.5. The molecule has 1 atom stereocenters. The third-order valence-electron chi connectivity index (χ3n) is 2.46. The van der Waals surface area contributed by atoms with Crippen LogP contribution in [0.4, 0.5) is 0 Å². The molecule has 3 nitrogen and oxygen atoms in total. The lowest BCUT2D eigenvalue weighted by atomic mass is 9.92. The zero-order chi connectivity index (χ0) is 9.54. The summed E-state index contributed by atoms with van der Waals surface area (Å²) >= 11 is 0. The van der Waals surface area contributed by atoms with Gasteiger partial charge in [0.15, 0.2) is 0 Å². The molecule has 0 radical (unpaired) electrons. The molecular formula is C11H7NO2. The predicted molar refractivity (Wildman–Crippen MR) is 51.2 cm³/mol. The number of amides is 1. The fourth-order valence-corrected chi connectivity index (χ4v) is 1.80. The van der Waals surface area contributed by atoms with E-state index in [9.17, 15) is 4.79 Å². The van der Waals surface area contributed by atoms with Crippen molar-refractivity contribution in [3.05, 3.63) is 47.7 Å². The molecule has 1 aromatic rings. The number of ether oxygens (including phenoxy) is 1. The molecule has 0 aromatic heterocycles. The Hall–Kier alpha value is -1.90. The normalized spacial score (nSPS) is 22.4. The van der Waals surface area contributed by atoms with Crippen molar-refractivity contribution in [1.82, 2.24) is 0 Å². The summed E-state index contributed by atoms with van der Waals surface area (Å²) in [5.74, 6) is 0.313. The number of rotatable bonds is 0. The van der Waals surface area contributed by atoms with Gasteiger partial charge in [0.25, 0.3) is 5.91 Å². The first-order valence-corrected chi connectivity index (χ1v) is 4.41. The number of hydrogen-bond acceptors (Lipinski definition) is 2. The highest BCUT2D eigenvalue weighted by molar-refractivity contribution is 6.09. The molecular weight excluding hydrogens is 178 g/mol. The highest BCUT2D eigenvalue weighted by Gasteiger charge is 2.30. The van der Waals surface area contributed by atoms with E-state index in [1.807, 2.05) is 24.3 Å². The first kappa shape index (κ1) is 7.50. The molecule has 0 saturated carbocycles. The second kappa shape index (κ2) is 2.54. The summed E-state index contributed by atoms with van der Waals surface area (Å²) in [7, 11) is 0. The van der Waals surface area contributed by atoms with Crippen molar-refractivity contribution in [2.75, 3.05) is 0 Å². The smallest absolute Gasteiger partial charge is 0.280 e. The molecule has 3 rings (SSSR count). The maximum Gasteiger partial charge on any atom is 0.280 e. The van der Waals surface area contributed by atoms with Gasteiger partial charge in [-0.3, -0.25) is 4.79 Å². The Bertz CT molecular complexity index is 474. The minimum absolute atomic E-state index is 0.0314. The van der Waals surface area contributed by atoms with Gasteiger partial charge >= 0.3 is 0 Å². The lowest BCUT2D eigenvalue weighted by molar-refractivity contribution is 0.0997. The van der Waals surface area contributed by atoms with Crippen LogP contribution in [0.3, 0.4) is 0 Å². The van der Waals surface area contributed by atoms with Crippen molar-refractivity contribution in [2.24, 2.45) is 4.99 Å². The second-order valence-electron chi connectivity index (χ2n) is 3.27. The second-order valence-corrected chi connectivity index (χ2v) is 3.27. The van der Waals surface area contributed by atoms with Gasteiger partial charge in [0, 0.05) is 5.56 Å². The third kappa shape index (κ3) is 0.865. The van der Waals surface area contributed by atoms with Crippen LogP contribution in [0.25, 0.3) is 0 Å². The van der Waals surface area contributed by atoms with Crippen LogP contribution in [-0.4, -0.2) is 11.8 Å². The molecule has 1 amide bonds. The van der Waals surface area contributed by atoms with E-state index < -0.39 is 0 Å². The van der Waals surface area contributed by atoms with E-state index in [2.05, 4.69) is 4.99 Å². The van der Waals surface area contributed by atoms with Crippen molar-refractivity contribution in [2.45, 2.75) is 5.92 Å². The van der Waals surface area contributed by atoms with Gasteiger partial charge in [-0.1, -0.05) is 18.2 Å². The Kier molecular flexibility index (Phi) is 1.36. The third-order valence-corrected chi connectivity index (χ3v) is 2.46. The molecule has 3 heteroatoms. The minimum Gasteiger partial charge on any atom is -0.450 e. The van der Waals surface area contributed by atoms with E-state index >= 15 is 0 Å². The first-order valence-electron chi connectivity index (χ1n) is 4.41. The van der Waals surface area contributed by atoms with Crippen molar-refractivity contribution < 1.29 is 9.53 Å². The molecule has 14 heavy (non-hydrogen) atoms. The largest absolute Gasteiger partial charge is 0.450 e. The first-order chi connectivity index (χ1) is 6.86. The van der Waals surface area contributed by atoms with Crippen molar-refractivity contribution in [3.63, 3.8) is 0 Å². The lowest BCUT2D eigenvalue weighted by Gasteiger charge is -2.16. The summed E-state index contributed by atoms with van der Waals surface area (Å²) in [4.78, 5) is 15.4. The SMILES string of the molecule is O=C1N=C2OC=CC2c2ccccc21. The predicted octanol–water partition coefficient (Wildman–Crippen LogP) is 1.87. The highest BCUT2D eigenvalue weighted by Crippen LogP contribution is 2.31.